The number of anilines is 1. The highest BCUT2D eigenvalue weighted by Crippen LogP contribution is 2.25. The van der Waals surface area contributed by atoms with Crippen molar-refractivity contribution in [3.63, 3.8) is 0 Å². The number of nitrogens with zero attached hydrogens (tertiary/aromatic N) is 1. The van der Waals surface area contributed by atoms with E-state index in [1.807, 2.05) is 0 Å². The van der Waals surface area contributed by atoms with Gasteiger partial charge in [-0.2, -0.15) is 0 Å². The smallest absolute Gasteiger partial charge is 0.276 e. The van der Waals surface area contributed by atoms with E-state index in [0.717, 1.165) is 0 Å². The lowest BCUT2D eigenvalue weighted by Crippen LogP contribution is -2.25. The summed E-state index contributed by atoms with van der Waals surface area (Å²) in [5, 5.41) is 13.6. The van der Waals surface area contributed by atoms with Crippen LogP contribution in [0.5, 0.6) is 0 Å². The molecule has 0 saturated carbocycles. The summed E-state index contributed by atoms with van der Waals surface area (Å²) in [7, 11) is 0. The quantitative estimate of drug-likeness (QED) is 0.411. The van der Waals surface area contributed by atoms with Crippen LogP contribution in [0.1, 0.15) is 18.5 Å². The Morgan fingerprint density at radius 1 is 1.35 bits per heavy atom. The molecule has 0 aliphatic heterocycles. The van der Waals surface area contributed by atoms with E-state index in [-0.39, 0.29) is 11.5 Å². The summed E-state index contributed by atoms with van der Waals surface area (Å²) in [4.78, 5) is 32.8. The normalized spacial score (nSPS) is 11.4. The summed E-state index contributed by atoms with van der Waals surface area (Å²) >= 11 is 0. The minimum absolute atomic E-state index is 0.212. The number of amides is 2. The Hall–Kier alpha value is -2.28. The number of hydrogen-bond donors (Lipinski definition) is 3. The molecule has 1 atom stereocenters. The SMILES string of the molecule is CC(=O)Nc1ccccc1C(N=O)C(=O)NO. The van der Waals surface area contributed by atoms with Crippen molar-refractivity contribution in [3.05, 3.63) is 34.7 Å². The van der Waals surface area contributed by atoms with E-state index in [1.165, 1.54) is 24.5 Å². The van der Waals surface area contributed by atoms with Gasteiger partial charge < -0.3 is 5.32 Å². The second-order valence-electron chi connectivity index (χ2n) is 3.25. The summed E-state index contributed by atoms with van der Waals surface area (Å²) < 4.78 is 0. The van der Waals surface area contributed by atoms with Gasteiger partial charge in [0.05, 0.1) is 0 Å². The number of benzene rings is 1. The molecule has 0 bridgehead atoms. The average Bonchev–Trinajstić information content (AvgIpc) is 2.31. The molecule has 3 N–H and O–H groups in total. The number of rotatable bonds is 4. The monoisotopic (exact) mass is 237 g/mol. The molecular formula is C10H11N3O4. The van der Waals surface area contributed by atoms with Gasteiger partial charge in [0.2, 0.25) is 5.91 Å². The Morgan fingerprint density at radius 2 is 2.00 bits per heavy atom. The van der Waals surface area contributed by atoms with Crippen LogP contribution in [0.25, 0.3) is 0 Å². The van der Waals surface area contributed by atoms with Crippen molar-refractivity contribution >= 4 is 17.5 Å². The van der Waals surface area contributed by atoms with Gasteiger partial charge in [0, 0.05) is 18.2 Å². The van der Waals surface area contributed by atoms with E-state index in [0.29, 0.717) is 5.69 Å². The molecule has 7 heteroatoms. The third-order valence-electron chi connectivity index (χ3n) is 2.03. The number of para-hydroxylation sites is 1. The molecule has 1 aromatic rings. The number of nitroso groups, excluding NO2 is 1. The van der Waals surface area contributed by atoms with Crippen molar-refractivity contribution in [1.82, 2.24) is 5.48 Å². The van der Waals surface area contributed by atoms with Gasteiger partial charge in [0.1, 0.15) is 0 Å². The summed E-state index contributed by atoms with van der Waals surface area (Å²) in [5.74, 6) is -1.30. The van der Waals surface area contributed by atoms with Crippen molar-refractivity contribution in [1.29, 1.82) is 0 Å². The van der Waals surface area contributed by atoms with Crippen molar-refractivity contribution < 1.29 is 14.8 Å². The van der Waals surface area contributed by atoms with Gasteiger partial charge in [-0.15, -0.1) is 4.91 Å². The fourth-order valence-corrected chi connectivity index (χ4v) is 1.35. The van der Waals surface area contributed by atoms with Crippen LogP contribution in [-0.4, -0.2) is 17.0 Å². The lowest BCUT2D eigenvalue weighted by atomic mass is 10.0. The number of hydrogen-bond acceptors (Lipinski definition) is 5. The number of nitrogens with one attached hydrogen (secondary N) is 2. The fourth-order valence-electron chi connectivity index (χ4n) is 1.35. The molecule has 0 aliphatic rings. The topological polar surface area (TPSA) is 108 Å². The molecule has 1 unspecified atom stereocenters. The first-order valence-electron chi connectivity index (χ1n) is 4.73. The second kappa shape index (κ2) is 5.71. The summed E-state index contributed by atoms with van der Waals surface area (Å²) in [6.45, 7) is 1.30. The molecule has 0 spiro atoms. The molecule has 7 nitrogen and oxygen atoms in total. The molecule has 90 valence electrons. The first-order chi connectivity index (χ1) is 8.10. The number of carbonyl (C=O) groups is 2. The van der Waals surface area contributed by atoms with Gasteiger partial charge >= 0.3 is 0 Å². The van der Waals surface area contributed by atoms with Gasteiger partial charge in [-0.25, -0.2) is 5.48 Å². The molecule has 0 aromatic heterocycles. The van der Waals surface area contributed by atoms with Gasteiger partial charge in [-0.05, 0) is 6.07 Å². The minimum Gasteiger partial charge on any atom is -0.326 e. The Kier molecular flexibility index (Phi) is 4.29. The van der Waals surface area contributed by atoms with Gasteiger partial charge in [-0.1, -0.05) is 23.4 Å². The van der Waals surface area contributed by atoms with Crippen LogP contribution in [0.3, 0.4) is 0 Å². The maximum absolute atomic E-state index is 11.2. The van der Waals surface area contributed by atoms with Crippen LogP contribution in [0, 0.1) is 4.91 Å². The Bertz CT molecular complexity index is 447. The largest absolute Gasteiger partial charge is 0.326 e. The highest BCUT2D eigenvalue weighted by molar-refractivity contribution is 5.92. The zero-order valence-corrected chi connectivity index (χ0v) is 9.01. The van der Waals surface area contributed by atoms with Crippen LogP contribution < -0.4 is 10.8 Å². The molecule has 0 saturated heterocycles. The lowest BCUT2D eigenvalue weighted by molar-refractivity contribution is -0.130. The van der Waals surface area contributed by atoms with E-state index < -0.39 is 11.9 Å². The Morgan fingerprint density at radius 3 is 2.53 bits per heavy atom. The summed E-state index contributed by atoms with van der Waals surface area (Å²) in [6.07, 6.45) is 0. The first kappa shape index (κ1) is 12.8. The molecule has 0 fully saturated rings. The van der Waals surface area contributed by atoms with Crippen molar-refractivity contribution in [2.24, 2.45) is 5.18 Å². The standard InChI is InChI=1S/C10H11N3O4/c1-6(14)11-8-5-3-2-4-7(8)9(12-16)10(15)13-17/h2-5,9,17H,1H3,(H,11,14)(H,13,15). The second-order valence-corrected chi connectivity index (χ2v) is 3.25. The van der Waals surface area contributed by atoms with Crippen molar-refractivity contribution in [2.45, 2.75) is 13.0 Å². The minimum atomic E-state index is -1.41. The maximum Gasteiger partial charge on any atom is 0.276 e. The number of hydroxylamine groups is 1. The molecular weight excluding hydrogens is 226 g/mol. The predicted molar refractivity (Wildman–Crippen MR) is 59.2 cm³/mol. The molecule has 17 heavy (non-hydrogen) atoms. The molecule has 0 aliphatic carbocycles. The predicted octanol–water partition coefficient (Wildman–Crippen LogP) is 0.958. The molecule has 0 heterocycles. The highest BCUT2D eigenvalue weighted by atomic mass is 16.5. The molecule has 0 radical (unpaired) electrons. The van der Waals surface area contributed by atoms with Crippen molar-refractivity contribution in [2.75, 3.05) is 5.32 Å². The highest BCUT2D eigenvalue weighted by Gasteiger charge is 2.23. The third-order valence-corrected chi connectivity index (χ3v) is 2.03. The van der Waals surface area contributed by atoms with E-state index in [2.05, 4.69) is 10.5 Å². The average molecular weight is 237 g/mol. The van der Waals surface area contributed by atoms with E-state index in [9.17, 15) is 14.5 Å². The van der Waals surface area contributed by atoms with E-state index >= 15 is 0 Å². The fraction of sp³-hybridized carbons (Fsp3) is 0.200. The zero-order chi connectivity index (χ0) is 12.8. The molecule has 2 amide bonds. The van der Waals surface area contributed by atoms with E-state index in [4.69, 9.17) is 5.21 Å². The molecule has 1 aromatic carbocycles. The number of carbonyl (C=O) groups excluding carboxylic acids is 2. The maximum atomic E-state index is 11.2. The van der Waals surface area contributed by atoms with Crippen LogP contribution in [0.2, 0.25) is 0 Å². The van der Waals surface area contributed by atoms with Crippen molar-refractivity contribution in [3.8, 4) is 0 Å². The van der Waals surface area contributed by atoms with Gasteiger partial charge in [0.25, 0.3) is 5.91 Å². The first-order valence-corrected chi connectivity index (χ1v) is 4.73. The Labute approximate surface area is 96.8 Å². The lowest BCUT2D eigenvalue weighted by Gasteiger charge is -2.12. The van der Waals surface area contributed by atoms with Gasteiger partial charge in [0.15, 0.2) is 6.04 Å². The summed E-state index contributed by atoms with van der Waals surface area (Å²) in [6, 6.07) is 4.80. The van der Waals surface area contributed by atoms with Gasteiger partial charge in [-0.3, -0.25) is 14.8 Å². The van der Waals surface area contributed by atoms with Crippen LogP contribution in [-0.2, 0) is 9.59 Å². The Balaban J connectivity index is 3.14. The molecule has 1 rings (SSSR count). The zero-order valence-electron chi connectivity index (χ0n) is 9.01. The van der Waals surface area contributed by atoms with Crippen LogP contribution in [0.15, 0.2) is 29.4 Å². The van der Waals surface area contributed by atoms with Crippen LogP contribution >= 0.6 is 0 Å². The third kappa shape index (κ3) is 3.08. The summed E-state index contributed by atoms with van der Waals surface area (Å²) in [5.41, 5.74) is 1.86. The van der Waals surface area contributed by atoms with Crippen LogP contribution in [0.4, 0.5) is 5.69 Å². The van der Waals surface area contributed by atoms with E-state index in [1.54, 1.807) is 12.1 Å².